The summed E-state index contributed by atoms with van der Waals surface area (Å²) in [4.78, 5) is 47.6. The maximum Gasteiger partial charge on any atom is 0.511 e. The number of hydrazine groups is 3. The Bertz CT molecular complexity index is 1600. The Hall–Kier alpha value is -4.93. The fourth-order valence-corrected chi connectivity index (χ4v) is 5.28. The molecule has 0 aliphatic heterocycles. The van der Waals surface area contributed by atoms with Crippen molar-refractivity contribution in [1.82, 2.24) is 25.6 Å². The predicted octanol–water partition coefficient (Wildman–Crippen LogP) is 4.58. The molecule has 0 spiro atoms. The molecule has 0 saturated carbocycles. The molecule has 0 bridgehead atoms. The van der Waals surface area contributed by atoms with Crippen molar-refractivity contribution in [3.63, 3.8) is 0 Å². The molecule has 16 nitrogen and oxygen atoms in total. The topological polar surface area (TPSA) is 201 Å². The molecule has 1 aromatic heterocycles. The largest absolute Gasteiger partial charge is 0.511 e. The lowest BCUT2D eigenvalue weighted by molar-refractivity contribution is -0.793. The minimum Gasteiger partial charge on any atom is -0.434 e. The summed E-state index contributed by atoms with van der Waals surface area (Å²) in [6.07, 6.45) is 0.259. The summed E-state index contributed by atoms with van der Waals surface area (Å²) in [7, 11) is 0. The third-order valence-corrected chi connectivity index (χ3v) is 7.71. The van der Waals surface area contributed by atoms with Crippen molar-refractivity contribution in [3.05, 3.63) is 81.2 Å². The van der Waals surface area contributed by atoms with E-state index in [2.05, 4.69) is 28.0 Å². The Morgan fingerprint density at radius 1 is 1.06 bits per heavy atom. The molecule has 0 aliphatic carbocycles. The lowest BCUT2D eigenvalue weighted by atomic mass is 9.98. The van der Waals surface area contributed by atoms with E-state index in [9.17, 15) is 14.5 Å². The molecule has 1 unspecified atom stereocenters. The van der Waals surface area contributed by atoms with Gasteiger partial charge in [0.15, 0.2) is 16.7 Å². The SMILES string of the molecule is CCCCc1nc(Cl)c(C(=O)OC(C)OC(=O)OCCCON[N+](=O)N(CC)C(C)C)n1Cc1ccc(-c2ccccc2/C(=N/N)NN)cc1. The Morgan fingerprint density at radius 3 is 2.42 bits per heavy atom. The average molecular weight is 717 g/mol. The van der Waals surface area contributed by atoms with Crippen LogP contribution in [0, 0.1) is 4.91 Å². The fraction of sp³-hybridized carbons (Fsp3) is 0.455. The molecule has 0 radical (unpaired) electrons. The second kappa shape index (κ2) is 19.9. The second-order valence-electron chi connectivity index (χ2n) is 11.3. The molecule has 272 valence electrons. The Kier molecular flexibility index (Phi) is 15.7. The van der Waals surface area contributed by atoms with Gasteiger partial charge >= 0.3 is 12.1 Å². The highest BCUT2D eigenvalue weighted by Crippen LogP contribution is 2.26. The highest BCUT2D eigenvalue weighted by atomic mass is 35.5. The van der Waals surface area contributed by atoms with Crippen molar-refractivity contribution < 1.29 is 33.6 Å². The van der Waals surface area contributed by atoms with E-state index in [-0.39, 0.29) is 43.1 Å². The quantitative estimate of drug-likeness (QED) is 0.0196. The van der Waals surface area contributed by atoms with E-state index < -0.39 is 18.4 Å². The van der Waals surface area contributed by atoms with Gasteiger partial charge in [-0.15, -0.1) is 5.01 Å². The molecule has 0 fully saturated rings. The molecule has 3 aromatic rings. The van der Waals surface area contributed by atoms with Crippen LogP contribution in [0.15, 0.2) is 53.6 Å². The number of nitrogens with one attached hydrogen (secondary N) is 2. The van der Waals surface area contributed by atoms with Crippen LogP contribution in [0.3, 0.4) is 0 Å². The van der Waals surface area contributed by atoms with Gasteiger partial charge in [0, 0.05) is 37.5 Å². The minimum atomic E-state index is -1.29. The number of nitroso groups, excluding NO2 is 1. The monoisotopic (exact) mass is 716 g/mol. The summed E-state index contributed by atoms with van der Waals surface area (Å²) in [5, 5.41) is 5.22. The van der Waals surface area contributed by atoms with E-state index in [4.69, 9.17) is 42.3 Å². The van der Waals surface area contributed by atoms with Crippen molar-refractivity contribution in [1.29, 1.82) is 0 Å². The van der Waals surface area contributed by atoms with Crippen LogP contribution in [0.4, 0.5) is 4.79 Å². The number of ether oxygens (including phenoxy) is 3. The van der Waals surface area contributed by atoms with Crippen LogP contribution in [0.25, 0.3) is 11.1 Å². The Balaban J connectivity index is 1.62. The highest BCUT2D eigenvalue weighted by molar-refractivity contribution is 6.32. The predicted molar refractivity (Wildman–Crippen MR) is 187 cm³/mol. The third-order valence-electron chi connectivity index (χ3n) is 7.45. The molecule has 2 aromatic carbocycles. The van der Waals surface area contributed by atoms with Gasteiger partial charge in [-0.3, -0.25) is 0 Å². The van der Waals surface area contributed by atoms with Gasteiger partial charge in [-0.25, -0.2) is 25.3 Å². The highest BCUT2D eigenvalue weighted by Gasteiger charge is 2.27. The van der Waals surface area contributed by atoms with Crippen molar-refractivity contribution in [2.75, 3.05) is 19.8 Å². The van der Waals surface area contributed by atoms with Crippen LogP contribution >= 0.6 is 11.6 Å². The first-order valence-electron chi connectivity index (χ1n) is 16.4. The number of nitrogens with two attached hydrogens (primary N) is 2. The number of aryl methyl sites for hydroxylation is 1. The van der Waals surface area contributed by atoms with Crippen molar-refractivity contribution in [3.8, 4) is 11.1 Å². The number of carbonyl (C=O) groups is 2. The Labute approximate surface area is 296 Å². The number of benzene rings is 2. The smallest absolute Gasteiger partial charge is 0.434 e. The number of hydrogen-bond donors (Lipinski definition) is 4. The molecule has 1 atom stereocenters. The fourth-order valence-electron chi connectivity index (χ4n) is 5.00. The summed E-state index contributed by atoms with van der Waals surface area (Å²) < 4.78 is 17.3. The molecule has 17 heteroatoms. The standard InChI is InChI=1S/C33H47ClN9O7/c1-6-8-14-28-37-30(34)29(32(44)49-23(5)50-33(45)47-19-11-20-48-40-43(46)42(7-2)22(3)4)41(28)21-24-15-17-25(18-16-24)26-12-9-10-13-27(26)31(38-35)39-36/h9-10,12-13,15-18,22-23H,6-8,11,14,19-21,35-36H2,1-5H3,(H,38,39)(H,40,46)/q+1. The lowest BCUT2D eigenvalue weighted by Crippen LogP contribution is -2.45. The summed E-state index contributed by atoms with van der Waals surface area (Å²) >= 11 is 6.48. The van der Waals surface area contributed by atoms with E-state index in [1.165, 1.54) is 11.9 Å². The maximum absolute atomic E-state index is 13.4. The average Bonchev–Trinajstić information content (AvgIpc) is 3.40. The van der Waals surface area contributed by atoms with Gasteiger partial charge in [0.1, 0.15) is 5.82 Å². The van der Waals surface area contributed by atoms with Gasteiger partial charge in [0.25, 0.3) is 4.98 Å². The number of nitrogens with zero attached hydrogens (tertiary/aromatic N) is 5. The second-order valence-corrected chi connectivity index (χ2v) is 11.7. The molecule has 50 heavy (non-hydrogen) atoms. The Morgan fingerprint density at radius 2 is 1.78 bits per heavy atom. The number of rotatable bonds is 19. The van der Waals surface area contributed by atoms with Crippen LogP contribution in [0.2, 0.25) is 5.15 Å². The van der Waals surface area contributed by atoms with Crippen molar-refractivity contribution in [2.45, 2.75) is 79.2 Å². The van der Waals surface area contributed by atoms with Gasteiger partial charge < -0.3 is 30.0 Å². The zero-order chi connectivity index (χ0) is 36.6. The van der Waals surface area contributed by atoms with E-state index in [0.29, 0.717) is 29.6 Å². The van der Waals surface area contributed by atoms with Crippen LogP contribution in [-0.2, 0) is 32.0 Å². The molecule has 0 amide bonds. The molecule has 3 rings (SSSR count). The summed E-state index contributed by atoms with van der Waals surface area (Å²) in [6.45, 7) is 9.83. The number of unbranched alkanes of at least 4 members (excludes halogenated alkanes) is 1. The number of imidazole rings is 1. The number of aromatic nitrogens is 2. The number of halogens is 1. The van der Waals surface area contributed by atoms with Gasteiger partial charge in [0.2, 0.25) is 6.29 Å². The zero-order valence-electron chi connectivity index (χ0n) is 29.1. The van der Waals surface area contributed by atoms with E-state index in [0.717, 1.165) is 35.1 Å². The number of carbonyl (C=O) groups excluding carboxylic acids is 2. The van der Waals surface area contributed by atoms with E-state index in [1.807, 2.05) is 69.3 Å². The molecule has 6 N–H and O–H groups in total. The van der Waals surface area contributed by atoms with Crippen molar-refractivity contribution >= 4 is 29.6 Å². The van der Waals surface area contributed by atoms with Gasteiger partial charge in [-0.05, 0) is 43.9 Å². The number of amidine groups is 1. The van der Waals surface area contributed by atoms with Crippen LogP contribution in [-0.4, -0.2) is 69.6 Å². The first kappa shape index (κ1) is 39.5. The van der Waals surface area contributed by atoms with E-state index in [1.54, 1.807) is 4.57 Å². The van der Waals surface area contributed by atoms with E-state index >= 15 is 0 Å². The minimum absolute atomic E-state index is 0.0170. The molecule has 0 aliphatic rings. The van der Waals surface area contributed by atoms with Gasteiger partial charge in [-0.2, -0.15) is 5.10 Å². The van der Waals surface area contributed by atoms with Crippen LogP contribution in [0.5, 0.6) is 0 Å². The first-order valence-corrected chi connectivity index (χ1v) is 16.8. The van der Waals surface area contributed by atoms with Crippen molar-refractivity contribution in [2.24, 2.45) is 16.8 Å². The summed E-state index contributed by atoms with van der Waals surface area (Å²) in [6, 6.07) is 15.3. The third kappa shape index (κ3) is 11.0. The van der Waals surface area contributed by atoms with Crippen LogP contribution < -0.4 is 22.7 Å². The number of esters is 1. The van der Waals surface area contributed by atoms with Gasteiger partial charge in [0.05, 0.1) is 30.7 Å². The molecular weight excluding hydrogens is 670 g/mol. The van der Waals surface area contributed by atoms with Crippen LogP contribution in [0.1, 0.15) is 81.3 Å². The normalized spacial score (nSPS) is 12.0. The molecule has 0 saturated heterocycles. The molecule has 1 heterocycles. The first-order chi connectivity index (χ1) is 24.0. The zero-order valence-corrected chi connectivity index (χ0v) is 29.8. The van der Waals surface area contributed by atoms with Gasteiger partial charge in [-0.1, -0.05) is 73.5 Å². The number of hydrazone groups is 1. The number of hydrogen-bond acceptors (Lipinski definition) is 11. The maximum atomic E-state index is 13.4. The summed E-state index contributed by atoms with van der Waals surface area (Å²) in [5.41, 5.74) is 8.20. The summed E-state index contributed by atoms with van der Waals surface area (Å²) in [5.74, 6) is 11.3. The molecular formula is C33H47ClN9O7+. The lowest BCUT2D eigenvalue weighted by Gasteiger charge is -2.16.